The molecular weight excluding hydrogens is 331 g/mol. The van der Waals surface area contributed by atoms with Crippen molar-refractivity contribution in [2.75, 3.05) is 11.5 Å². The van der Waals surface area contributed by atoms with Crippen LogP contribution in [0.2, 0.25) is 10.0 Å². The first-order valence-electron chi connectivity index (χ1n) is 6.71. The number of aliphatic carboxylic acids is 1. The molecule has 0 bridgehead atoms. The van der Waals surface area contributed by atoms with Gasteiger partial charge in [0.05, 0.1) is 27.5 Å². The third kappa shape index (κ3) is 3.00. The Morgan fingerprint density at radius 2 is 2.19 bits per heavy atom. The van der Waals surface area contributed by atoms with Crippen LogP contribution in [-0.4, -0.2) is 32.1 Å². The normalized spacial score (nSPS) is 18.5. The van der Waals surface area contributed by atoms with E-state index in [-0.39, 0.29) is 6.42 Å². The molecule has 1 aromatic heterocycles. The molecule has 112 valence electrons. The summed E-state index contributed by atoms with van der Waals surface area (Å²) >= 11 is 14.1. The van der Waals surface area contributed by atoms with Gasteiger partial charge in [-0.2, -0.15) is 11.8 Å². The quantitative estimate of drug-likeness (QED) is 0.909. The Morgan fingerprint density at radius 3 is 2.86 bits per heavy atom. The third-order valence-corrected chi connectivity index (χ3v) is 5.55. The molecule has 1 N–H and O–H groups in total. The zero-order valence-corrected chi connectivity index (χ0v) is 13.5. The van der Waals surface area contributed by atoms with Gasteiger partial charge in [-0.25, -0.2) is 4.98 Å². The van der Waals surface area contributed by atoms with Gasteiger partial charge in [0.1, 0.15) is 5.82 Å². The molecule has 7 heteroatoms. The Balaban J connectivity index is 2.10. The standard InChI is InChI=1S/C14H14Cl2N2O2S/c15-9-5-11-12(6-10(9)16)18(3-1-13(19)20)14(17-11)8-2-4-21-7-8/h5-6,8H,1-4,7H2,(H,19,20). The van der Waals surface area contributed by atoms with Crippen molar-refractivity contribution in [3.8, 4) is 0 Å². The fourth-order valence-corrected chi connectivity index (χ4v) is 4.16. The molecule has 1 aliphatic rings. The maximum atomic E-state index is 10.9. The number of benzene rings is 1. The molecule has 4 nitrogen and oxygen atoms in total. The zero-order valence-electron chi connectivity index (χ0n) is 11.2. The molecule has 2 heterocycles. The Morgan fingerprint density at radius 1 is 1.43 bits per heavy atom. The Hall–Kier alpha value is -0.910. The first-order chi connectivity index (χ1) is 10.1. The number of hydrogen-bond donors (Lipinski definition) is 1. The van der Waals surface area contributed by atoms with E-state index in [4.69, 9.17) is 28.3 Å². The summed E-state index contributed by atoms with van der Waals surface area (Å²) in [6.07, 6.45) is 1.14. The largest absolute Gasteiger partial charge is 0.481 e. The average molecular weight is 345 g/mol. The topological polar surface area (TPSA) is 55.1 Å². The summed E-state index contributed by atoms with van der Waals surface area (Å²) in [7, 11) is 0. The van der Waals surface area contributed by atoms with Crippen molar-refractivity contribution in [1.29, 1.82) is 0 Å². The van der Waals surface area contributed by atoms with Crippen LogP contribution in [0, 0.1) is 0 Å². The van der Waals surface area contributed by atoms with Gasteiger partial charge in [0.2, 0.25) is 0 Å². The van der Waals surface area contributed by atoms with Crippen LogP contribution in [0.1, 0.15) is 24.6 Å². The second-order valence-corrected chi connectivity index (χ2v) is 7.05. The summed E-state index contributed by atoms with van der Waals surface area (Å²) in [5.41, 5.74) is 1.64. The van der Waals surface area contributed by atoms with Crippen LogP contribution >= 0.6 is 35.0 Å². The molecule has 1 fully saturated rings. The van der Waals surface area contributed by atoms with Crippen LogP contribution in [0.25, 0.3) is 11.0 Å². The number of thioether (sulfide) groups is 1. The van der Waals surface area contributed by atoms with Gasteiger partial charge < -0.3 is 9.67 Å². The SMILES string of the molecule is O=C(O)CCn1c(C2CCSC2)nc2cc(Cl)c(Cl)cc21. The molecule has 0 amide bonds. The summed E-state index contributed by atoms with van der Waals surface area (Å²) < 4.78 is 1.99. The lowest BCUT2D eigenvalue weighted by Crippen LogP contribution is -2.11. The van der Waals surface area contributed by atoms with Crippen LogP contribution in [0.4, 0.5) is 0 Å². The van der Waals surface area contributed by atoms with Crippen LogP contribution in [0.15, 0.2) is 12.1 Å². The minimum absolute atomic E-state index is 0.0680. The monoisotopic (exact) mass is 344 g/mol. The number of aryl methyl sites for hydroxylation is 1. The van der Waals surface area contributed by atoms with Crippen LogP contribution in [0.5, 0.6) is 0 Å². The molecule has 1 aliphatic heterocycles. The van der Waals surface area contributed by atoms with E-state index in [1.54, 1.807) is 12.1 Å². The highest BCUT2D eigenvalue weighted by Crippen LogP contribution is 2.35. The second-order valence-electron chi connectivity index (χ2n) is 5.08. The molecule has 3 rings (SSSR count). The number of carbonyl (C=O) groups is 1. The fraction of sp³-hybridized carbons (Fsp3) is 0.429. The van der Waals surface area contributed by atoms with Crippen molar-refractivity contribution in [1.82, 2.24) is 9.55 Å². The number of aromatic nitrogens is 2. The highest BCUT2D eigenvalue weighted by atomic mass is 35.5. The number of halogens is 2. The number of hydrogen-bond acceptors (Lipinski definition) is 3. The first-order valence-corrected chi connectivity index (χ1v) is 8.62. The third-order valence-electron chi connectivity index (χ3n) is 3.66. The molecule has 1 atom stereocenters. The molecule has 1 unspecified atom stereocenters. The summed E-state index contributed by atoms with van der Waals surface area (Å²) in [4.78, 5) is 15.6. The zero-order chi connectivity index (χ0) is 15.0. The lowest BCUT2D eigenvalue weighted by Gasteiger charge is -2.12. The van der Waals surface area contributed by atoms with Crippen molar-refractivity contribution in [2.45, 2.75) is 25.3 Å². The number of imidazole rings is 1. The second kappa shape index (κ2) is 6.07. The van der Waals surface area contributed by atoms with E-state index in [1.807, 2.05) is 16.3 Å². The number of rotatable bonds is 4. The first kappa shape index (κ1) is 15.0. The van der Waals surface area contributed by atoms with Crippen molar-refractivity contribution >= 4 is 52.0 Å². The lowest BCUT2D eigenvalue weighted by atomic mass is 10.1. The molecule has 0 saturated carbocycles. The van der Waals surface area contributed by atoms with Gasteiger partial charge in [0, 0.05) is 18.2 Å². The maximum absolute atomic E-state index is 10.9. The Kier molecular flexibility index (Phi) is 4.33. The van der Waals surface area contributed by atoms with E-state index in [2.05, 4.69) is 4.98 Å². The van der Waals surface area contributed by atoms with Gasteiger partial charge in [-0.15, -0.1) is 0 Å². The summed E-state index contributed by atoms with van der Waals surface area (Å²) in [6.45, 7) is 0.403. The number of carboxylic acids is 1. The van der Waals surface area contributed by atoms with Crippen molar-refractivity contribution in [2.24, 2.45) is 0 Å². The minimum Gasteiger partial charge on any atom is -0.481 e. The lowest BCUT2D eigenvalue weighted by molar-refractivity contribution is -0.137. The van der Waals surface area contributed by atoms with E-state index in [0.717, 1.165) is 34.8 Å². The van der Waals surface area contributed by atoms with E-state index >= 15 is 0 Å². The highest BCUT2D eigenvalue weighted by molar-refractivity contribution is 7.99. The van der Waals surface area contributed by atoms with E-state index in [1.165, 1.54) is 0 Å². The highest BCUT2D eigenvalue weighted by Gasteiger charge is 2.24. The molecule has 21 heavy (non-hydrogen) atoms. The predicted octanol–water partition coefficient (Wildman–Crippen LogP) is 4.04. The van der Waals surface area contributed by atoms with Crippen molar-refractivity contribution in [3.63, 3.8) is 0 Å². The fourth-order valence-electron chi connectivity index (χ4n) is 2.63. The number of nitrogens with zero attached hydrogens (tertiary/aromatic N) is 2. The molecule has 1 aromatic carbocycles. The van der Waals surface area contributed by atoms with Crippen LogP contribution < -0.4 is 0 Å². The smallest absolute Gasteiger partial charge is 0.305 e. The van der Waals surface area contributed by atoms with Gasteiger partial charge in [-0.1, -0.05) is 23.2 Å². The molecule has 0 radical (unpaired) electrons. The number of carboxylic acid groups (broad SMARTS) is 1. The van der Waals surface area contributed by atoms with Gasteiger partial charge in [0.15, 0.2) is 0 Å². The predicted molar refractivity (Wildman–Crippen MR) is 86.7 cm³/mol. The van der Waals surface area contributed by atoms with Gasteiger partial charge in [-0.3, -0.25) is 4.79 Å². The van der Waals surface area contributed by atoms with Gasteiger partial charge >= 0.3 is 5.97 Å². The van der Waals surface area contributed by atoms with E-state index < -0.39 is 5.97 Å². The van der Waals surface area contributed by atoms with Gasteiger partial charge in [0.25, 0.3) is 0 Å². The minimum atomic E-state index is -0.816. The summed E-state index contributed by atoms with van der Waals surface area (Å²) in [5.74, 6) is 2.65. The maximum Gasteiger partial charge on any atom is 0.305 e. The van der Waals surface area contributed by atoms with E-state index in [0.29, 0.717) is 22.5 Å². The Labute approximate surface area is 136 Å². The molecule has 1 saturated heterocycles. The molecule has 0 aliphatic carbocycles. The Bertz CT molecular complexity index is 696. The van der Waals surface area contributed by atoms with E-state index in [9.17, 15) is 4.79 Å². The molecular formula is C14H14Cl2N2O2S. The van der Waals surface area contributed by atoms with Crippen molar-refractivity contribution < 1.29 is 9.90 Å². The van der Waals surface area contributed by atoms with Gasteiger partial charge in [-0.05, 0) is 24.3 Å². The number of fused-ring (bicyclic) bond motifs is 1. The van der Waals surface area contributed by atoms with Crippen LogP contribution in [-0.2, 0) is 11.3 Å². The summed E-state index contributed by atoms with van der Waals surface area (Å²) in [5, 5.41) is 9.89. The average Bonchev–Trinajstić information content (AvgIpc) is 3.04. The van der Waals surface area contributed by atoms with Crippen LogP contribution in [0.3, 0.4) is 0 Å². The summed E-state index contributed by atoms with van der Waals surface area (Å²) in [6, 6.07) is 3.53. The molecule has 0 spiro atoms. The van der Waals surface area contributed by atoms with Crippen molar-refractivity contribution in [3.05, 3.63) is 28.0 Å². The molecule has 2 aromatic rings.